The van der Waals surface area contributed by atoms with Crippen LogP contribution in [0, 0.1) is 0 Å². The molecule has 0 bridgehead atoms. The number of isocyanates is 1. The lowest BCUT2D eigenvalue weighted by Crippen LogP contribution is -2.00. The van der Waals surface area contributed by atoms with E-state index in [0.29, 0.717) is 16.2 Å². The standard InChI is InChI=1S/C8H6F3NOS/c1-5(12-4-13)6-2-3-7(14-6)8(9,10)11/h2-3,5H,1H3. The second kappa shape index (κ2) is 3.94. The Bertz CT molecular complexity index is 365. The third kappa shape index (κ3) is 2.43. The van der Waals surface area contributed by atoms with Gasteiger partial charge in [-0.2, -0.15) is 18.2 Å². The molecule has 0 aliphatic heterocycles. The minimum absolute atomic E-state index is 0.403. The summed E-state index contributed by atoms with van der Waals surface area (Å²) in [6, 6.07) is 1.74. The lowest BCUT2D eigenvalue weighted by atomic mass is 10.3. The first-order valence-electron chi connectivity index (χ1n) is 3.69. The van der Waals surface area contributed by atoms with Crippen molar-refractivity contribution in [3.8, 4) is 0 Å². The van der Waals surface area contributed by atoms with Crippen molar-refractivity contribution in [3.63, 3.8) is 0 Å². The molecule has 0 N–H and O–H groups in total. The largest absolute Gasteiger partial charge is 0.425 e. The molecule has 1 rings (SSSR count). The Balaban J connectivity index is 2.93. The Morgan fingerprint density at radius 3 is 2.57 bits per heavy atom. The van der Waals surface area contributed by atoms with Crippen molar-refractivity contribution in [1.29, 1.82) is 0 Å². The summed E-state index contributed by atoms with van der Waals surface area (Å²) in [6.45, 7) is 1.54. The lowest BCUT2D eigenvalue weighted by Gasteiger charge is -2.01. The summed E-state index contributed by atoms with van der Waals surface area (Å²) in [5, 5.41) is 0. The average molecular weight is 221 g/mol. The smallest absolute Gasteiger partial charge is 0.211 e. The highest BCUT2D eigenvalue weighted by atomic mass is 32.1. The van der Waals surface area contributed by atoms with Gasteiger partial charge in [0.1, 0.15) is 4.88 Å². The Labute approximate surface area is 82.1 Å². The Morgan fingerprint density at radius 2 is 2.14 bits per heavy atom. The van der Waals surface area contributed by atoms with Gasteiger partial charge < -0.3 is 0 Å². The molecule has 1 heterocycles. The van der Waals surface area contributed by atoms with Crippen LogP contribution in [0.5, 0.6) is 0 Å². The molecule has 0 saturated heterocycles. The van der Waals surface area contributed by atoms with Crippen LogP contribution in [0.4, 0.5) is 13.2 Å². The van der Waals surface area contributed by atoms with E-state index in [-0.39, 0.29) is 0 Å². The van der Waals surface area contributed by atoms with Gasteiger partial charge in [-0.25, -0.2) is 4.79 Å². The van der Waals surface area contributed by atoms with Crippen molar-refractivity contribution in [3.05, 3.63) is 21.9 Å². The monoisotopic (exact) mass is 221 g/mol. The van der Waals surface area contributed by atoms with Crippen molar-refractivity contribution in [2.24, 2.45) is 4.99 Å². The topological polar surface area (TPSA) is 29.4 Å². The summed E-state index contributed by atoms with van der Waals surface area (Å²) >= 11 is 0.590. The highest BCUT2D eigenvalue weighted by Gasteiger charge is 2.32. The third-order valence-electron chi connectivity index (χ3n) is 1.56. The average Bonchev–Trinajstić information content (AvgIpc) is 2.51. The SMILES string of the molecule is CC(N=C=O)c1ccc(C(F)(F)F)s1. The van der Waals surface area contributed by atoms with Crippen LogP contribution in [0.15, 0.2) is 17.1 Å². The fourth-order valence-corrected chi connectivity index (χ4v) is 1.74. The Hall–Kier alpha value is -1.13. The number of aliphatic imine (C=N–C) groups is 1. The first-order valence-corrected chi connectivity index (χ1v) is 4.50. The number of carbonyl (C=O) groups excluding carboxylic acids is 1. The van der Waals surface area contributed by atoms with Crippen LogP contribution in [0.3, 0.4) is 0 Å². The third-order valence-corrected chi connectivity index (χ3v) is 2.86. The number of alkyl halides is 3. The van der Waals surface area contributed by atoms with Crippen LogP contribution in [-0.4, -0.2) is 6.08 Å². The van der Waals surface area contributed by atoms with E-state index in [1.165, 1.54) is 19.1 Å². The molecule has 1 atom stereocenters. The number of rotatable bonds is 2. The number of hydrogen-bond donors (Lipinski definition) is 0. The lowest BCUT2D eigenvalue weighted by molar-refractivity contribution is -0.134. The van der Waals surface area contributed by atoms with Crippen molar-refractivity contribution in [2.45, 2.75) is 19.1 Å². The van der Waals surface area contributed by atoms with Crippen LogP contribution >= 0.6 is 11.3 Å². The molecule has 1 aromatic rings. The van der Waals surface area contributed by atoms with Gasteiger partial charge in [0.25, 0.3) is 0 Å². The van der Waals surface area contributed by atoms with E-state index in [4.69, 9.17) is 0 Å². The second-order valence-corrected chi connectivity index (χ2v) is 3.71. The van der Waals surface area contributed by atoms with Crippen LogP contribution in [0.1, 0.15) is 22.7 Å². The van der Waals surface area contributed by atoms with Gasteiger partial charge in [-0.1, -0.05) is 0 Å². The molecule has 0 aliphatic rings. The van der Waals surface area contributed by atoms with Gasteiger partial charge in [0.05, 0.1) is 6.04 Å². The minimum atomic E-state index is -4.33. The molecule has 0 spiro atoms. The number of nitrogens with zero attached hydrogens (tertiary/aromatic N) is 1. The number of thiophene rings is 1. The molecule has 0 amide bonds. The fraction of sp³-hybridized carbons (Fsp3) is 0.375. The molecular weight excluding hydrogens is 215 g/mol. The van der Waals surface area contributed by atoms with Gasteiger partial charge in [0.2, 0.25) is 6.08 Å². The maximum atomic E-state index is 12.2. The zero-order valence-electron chi connectivity index (χ0n) is 7.13. The van der Waals surface area contributed by atoms with Gasteiger partial charge in [-0.15, -0.1) is 11.3 Å². The maximum absolute atomic E-state index is 12.2. The van der Waals surface area contributed by atoms with Crippen LogP contribution in [0.2, 0.25) is 0 Å². The Kier molecular flexibility index (Phi) is 3.08. The molecule has 0 fully saturated rings. The summed E-state index contributed by atoms with van der Waals surface area (Å²) in [5.74, 6) is 0. The van der Waals surface area contributed by atoms with E-state index in [2.05, 4.69) is 4.99 Å². The van der Waals surface area contributed by atoms with Gasteiger partial charge in [-0.3, -0.25) is 0 Å². The first-order chi connectivity index (χ1) is 6.45. The van der Waals surface area contributed by atoms with Gasteiger partial charge in [0, 0.05) is 4.88 Å². The molecule has 0 saturated carbocycles. The van der Waals surface area contributed by atoms with E-state index in [1.807, 2.05) is 0 Å². The zero-order chi connectivity index (χ0) is 10.8. The normalized spacial score (nSPS) is 13.4. The molecule has 0 radical (unpaired) electrons. The highest BCUT2D eigenvalue weighted by Crippen LogP contribution is 2.36. The second-order valence-electron chi connectivity index (χ2n) is 2.60. The molecule has 6 heteroatoms. The molecule has 2 nitrogen and oxygen atoms in total. The summed E-state index contributed by atoms with van der Waals surface area (Å²) < 4.78 is 36.5. The predicted molar refractivity (Wildman–Crippen MR) is 45.9 cm³/mol. The maximum Gasteiger partial charge on any atom is 0.425 e. The quantitative estimate of drug-likeness (QED) is 0.557. The number of hydrogen-bond acceptors (Lipinski definition) is 3. The van der Waals surface area contributed by atoms with Gasteiger partial charge in [-0.05, 0) is 19.1 Å². The molecule has 76 valence electrons. The molecule has 0 aromatic carbocycles. The van der Waals surface area contributed by atoms with E-state index in [9.17, 15) is 18.0 Å². The van der Waals surface area contributed by atoms with Crippen molar-refractivity contribution in [1.82, 2.24) is 0 Å². The fourth-order valence-electron chi connectivity index (χ4n) is 0.872. The van der Waals surface area contributed by atoms with E-state index < -0.39 is 17.1 Å². The summed E-state index contributed by atoms with van der Waals surface area (Å²) in [4.78, 5) is 12.9. The summed E-state index contributed by atoms with van der Waals surface area (Å²) in [7, 11) is 0. The Morgan fingerprint density at radius 1 is 1.50 bits per heavy atom. The van der Waals surface area contributed by atoms with Crippen molar-refractivity contribution in [2.75, 3.05) is 0 Å². The minimum Gasteiger partial charge on any atom is -0.211 e. The molecular formula is C8H6F3NOS. The van der Waals surface area contributed by atoms with Crippen molar-refractivity contribution < 1.29 is 18.0 Å². The van der Waals surface area contributed by atoms with E-state index in [0.717, 1.165) is 6.07 Å². The van der Waals surface area contributed by atoms with E-state index >= 15 is 0 Å². The molecule has 14 heavy (non-hydrogen) atoms. The summed E-state index contributed by atoms with van der Waals surface area (Å²) in [6.07, 6.45) is -3.01. The summed E-state index contributed by atoms with van der Waals surface area (Å²) in [5.41, 5.74) is 0. The van der Waals surface area contributed by atoms with Crippen LogP contribution in [0.25, 0.3) is 0 Å². The van der Waals surface area contributed by atoms with Gasteiger partial charge >= 0.3 is 6.18 Å². The zero-order valence-corrected chi connectivity index (χ0v) is 7.95. The number of halogens is 3. The molecule has 1 aromatic heterocycles. The highest BCUT2D eigenvalue weighted by molar-refractivity contribution is 7.12. The van der Waals surface area contributed by atoms with Crippen LogP contribution < -0.4 is 0 Å². The van der Waals surface area contributed by atoms with Crippen LogP contribution in [-0.2, 0) is 11.0 Å². The van der Waals surface area contributed by atoms with Gasteiger partial charge in [0.15, 0.2) is 0 Å². The van der Waals surface area contributed by atoms with E-state index in [1.54, 1.807) is 0 Å². The molecule has 1 unspecified atom stereocenters. The van der Waals surface area contributed by atoms with Crippen molar-refractivity contribution >= 4 is 17.4 Å². The molecule has 0 aliphatic carbocycles. The first kappa shape index (κ1) is 10.9. The predicted octanol–water partition coefficient (Wildman–Crippen LogP) is 3.16.